The number of methoxy groups -OCH3 is 1. The van der Waals surface area contributed by atoms with Crippen LogP contribution in [0.2, 0.25) is 10.0 Å². The van der Waals surface area contributed by atoms with Gasteiger partial charge in [0.15, 0.2) is 6.61 Å². The van der Waals surface area contributed by atoms with Crippen LogP contribution in [0.4, 0.5) is 0 Å². The first-order valence-corrected chi connectivity index (χ1v) is 7.16. The highest BCUT2D eigenvalue weighted by molar-refractivity contribution is 6.39. The van der Waals surface area contributed by atoms with Crippen LogP contribution in [-0.2, 0) is 19.1 Å². The van der Waals surface area contributed by atoms with Crippen molar-refractivity contribution in [1.82, 2.24) is 5.32 Å². The van der Waals surface area contributed by atoms with Crippen LogP contribution in [0.15, 0.2) is 18.2 Å². The molecule has 22 heavy (non-hydrogen) atoms. The topological polar surface area (TPSA) is 81.7 Å². The largest absolute Gasteiger partial charge is 0.469 e. The van der Waals surface area contributed by atoms with Crippen LogP contribution in [-0.4, -0.2) is 38.1 Å². The zero-order chi connectivity index (χ0) is 16.5. The quantitative estimate of drug-likeness (QED) is 0.604. The molecule has 8 heteroatoms. The van der Waals surface area contributed by atoms with Crippen molar-refractivity contribution >= 4 is 41.0 Å². The number of ether oxygens (including phenoxy) is 2. The molecule has 1 amide bonds. The first kappa shape index (κ1) is 18.3. The standard InChI is InChI=1S/C14H15Cl2NO5/c1-21-12(19)6-3-7-17-11(18)8-22-14(20)13-9(15)4-2-5-10(13)16/h2,4-5H,3,6-8H2,1H3,(H,17,18). The SMILES string of the molecule is COC(=O)CCCNC(=O)COC(=O)c1c(Cl)cccc1Cl. The van der Waals surface area contributed by atoms with Gasteiger partial charge in [0.25, 0.3) is 5.91 Å². The fourth-order valence-electron chi connectivity index (χ4n) is 1.51. The number of rotatable bonds is 7. The molecule has 0 aliphatic carbocycles. The van der Waals surface area contributed by atoms with E-state index in [1.54, 1.807) is 6.07 Å². The third kappa shape index (κ3) is 5.91. The zero-order valence-corrected chi connectivity index (χ0v) is 13.4. The molecule has 6 nitrogen and oxygen atoms in total. The van der Waals surface area contributed by atoms with Gasteiger partial charge in [-0.3, -0.25) is 9.59 Å². The maximum atomic E-state index is 11.8. The highest BCUT2D eigenvalue weighted by Crippen LogP contribution is 2.24. The molecule has 1 N–H and O–H groups in total. The molecule has 1 aromatic rings. The van der Waals surface area contributed by atoms with Crippen molar-refractivity contribution in [3.63, 3.8) is 0 Å². The Hall–Kier alpha value is -1.79. The molecule has 0 fully saturated rings. The summed E-state index contributed by atoms with van der Waals surface area (Å²) in [6, 6.07) is 4.59. The molecule has 0 saturated carbocycles. The summed E-state index contributed by atoms with van der Waals surface area (Å²) < 4.78 is 9.30. The van der Waals surface area contributed by atoms with Gasteiger partial charge in [-0.15, -0.1) is 0 Å². The Morgan fingerprint density at radius 3 is 2.41 bits per heavy atom. The lowest BCUT2D eigenvalue weighted by Crippen LogP contribution is -2.30. The van der Waals surface area contributed by atoms with Crippen molar-refractivity contribution in [3.8, 4) is 0 Å². The van der Waals surface area contributed by atoms with E-state index in [2.05, 4.69) is 10.1 Å². The predicted octanol–water partition coefficient (Wildman–Crippen LogP) is 2.22. The van der Waals surface area contributed by atoms with Crippen molar-refractivity contribution < 1.29 is 23.9 Å². The van der Waals surface area contributed by atoms with Gasteiger partial charge in [0.1, 0.15) is 0 Å². The molecule has 0 unspecified atom stereocenters. The highest BCUT2D eigenvalue weighted by atomic mass is 35.5. The minimum Gasteiger partial charge on any atom is -0.469 e. The number of amides is 1. The Bertz CT molecular complexity index is 542. The normalized spacial score (nSPS) is 9.95. The first-order valence-electron chi connectivity index (χ1n) is 6.40. The van der Waals surface area contributed by atoms with Gasteiger partial charge in [-0.05, 0) is 18.6 Å². The van der Waals surface area contributed by atoms with Gasteiger partial charge < -0.3 is 14.8 Å². The van der Waals surface area contributed by atoms with E-state index in [1.807, 2.05) is 0 Å². The Morgan fingerprint density at radius 2 is 1.82 bits per heavy atom. The summed E-state index contributed by atoms with van der Waals surface area (Å²) in [6.45, 7) is -0.184. The lowest BCUT2D eigenvalue weighted by atomic mass is 10.2. The number of nitrogens with one attached hydrogen (secondary N) is 1. The second-order valence-electron chi connectivity index (χ2n) is 4.20. The summed E-state index contributed by atoms with van der Waals surface area (Å²) in [5, 5.41) is 2.81. The Morgan fingerprint density at radius 1 is 1.18 bits per heavy atom. The summed E-state index contributed by atoms with van der Waals surface area (Å²) >= 11 is 11.7. The molecular formula is C14H15Cl2NO5. The molecule has 0 aliphatic rings. The second-order valence-corrected chi connectivity index (χ2v) is 5.02. The summed E-state index contributed by atoms with van der Waals surface area (Å²) in [6.07, 6.45) is 0.633. The van der Waals surface area contributed by atoms with Gasteiger partial charge >= 0.3 is 11.9 Å². The molecule has 0 aliphatic heterocycles. The zero-order valence-electron chi connectivity index (χ0n) is 11.9. The Labute approximate surface area is 137 Å². The molecule has 0 aromatic heterocycles. The lowest BCUT2D eigenvalue weighted by Gasteiger charge is -2.08. The van der Waals surface area contributed by atoms with Gasteiger partial charge in [-0.1, -0.05) is 29.3 Å². The predicted molar refractivity (Wildman–Crippen MR) is 81.0 cm³/mol. The smallest absolute Gasteiger partial charge is 0.341 e. The van der Waals surface area contributed by atoms with Crippen molar-refractivity contribution in [2.75, 3.05) is 20.3 Å². The van der Waals surface area contributed by atoms with E-state index < -0.39 is 18.5 Å². The number of carbonyl (C=O) groups is 3. The third-order valence-electron chi connectivity index (χ3n) is 2.61. The molecule has 0 heterocycles. The van der Waals surface area contributed by atoms with Crippen LogP contribution in [0.1, 0.15) is 23.2 Å². The number of esters is 2. The van der Waals surface area contributed by atoms with Crippen LogP contribution in [0, 0.1) is 0 Å². The molecular weight excluding hydrogens is 333 g/mol. The average molecular weight is 348 g/mol. The Balaban J connectivity index is 2.35. The summed E-state index contributed by atoms with van der Waals surface area (Å²) in [5.41, 5.74) is 0.0179. The van der Waals surface area contributed by atoms with E-state index in [9.17, 15) is 14.4 Å². The summed E-state index contributed by atoms with van der Waals surface area (Å²) in [5.74, 6) is -1.62. The van der Waals surface area contributed by atoms with E-state index in [0.29, 0.717) is 6.42 Å². The summed E-state index contributed by atoms with van der Waals surface area (Å²) in [4.78, 5) is 34.2. The molecule has 1 rings (SSSR count). The number of benzene rings is 1. The van der Waals surface area contributed by atoms with Gasteiger partial charge in [0.05, 0.1) is 22.7 Å². The molecule has 0 radical (unpaired) electrons. The van der Waals surface area contributed by atoms with Crippen LogP contribution in [0.3, 0.4) is 0 Å². The van der Waals surface area contributed by atoms with Gasteiger partial charge in [0.2, 0.25) is 0 Å². The van der Waals surface area contributed by atoms with Crippen LogP contribution in [0.5, 0.6) is 0 Å². The third-order valence-corrected chi connectivity index (χ3v) is 3.24. The van der Waals surface area contributed by atoms with E-state index in [4.69, 9.17) is 27.9 Å². The monoisotopic (exact) mass is 347 g/mol. The van der Waals surface area contributed by atoms with Gasteiger partial charge in [-0.2, -0.15) is 0 Å². The second kappa shape index (κ2) is 9.27. The maximum Gasteiger partial charge on any atom is 0.341 e. The molecule has 0 atom stereocenters. The fourth-order valence-corrected chi connectivity index (χ4v) is 2.06. The van der Waals surface area contributed by atoms with E-state index in [0.717, 1.165) is 0 Å². The molecule has 0 bridgehead atoms. The number of halogens is 2. The minimum atomic E-state index is -0.777. The first-order chi connectivity index (χ1) is 10.5. The number of hydrogen-bond donors (Lipinski definition) is 1. The molecule has 0 spiro atoms. The molecule has 120 valence electrons. The van der Waals surface area contributed by atoms with Crippen LogP contribution >= 0.6 is 23.2 Å². The van der Waals surface area contributed by atoms with E-state index in [-0.39, 0.29) is 34.5 Å². The van der Waals surface area contributed by atoms with E-state index in [1.165, 1.54) is 19.2 Å². The van der Waals surface area contributed by atoms with Gasteiger partial charge in [-0.25, -0.2) is 4.79 Å². The molecule has 1 aromatic carbocycles. The fraction of sp³-hybridized carbons (Fsp3) is 0.357. The van der Waals surface area contributed by atoms with Crippen molar-refractivity contribution in [3.05, 3.63) is 33.8 Å². The molecule has 0 saturated heterocycles. The number of carbonyl (C=O) groups excluding carboxylic acids is 3. The van der Waals surface area contributed by atoms with Crippen molar-refractivity contribution in [2.45, 2.75) is 12.8 Å². The van der Waals surface area contributed by atoms with Crippen LogP contribution in [0.25, 0.3) is 0 Å². The van der Waals surface area contributed by atoms with Crippen LogP contribution < -0.4 is 5.32 Å². The summed E-state index contributed by atoms with van der Waals surface area (Å²) in [7, 11) is 1.29. The lowest BCUT2D eigenvalue weighted by molar-refractivity contribution is -0.140. The highest BCUT2D eigenvalue weighted by Gasteiger charge is 2.17. The average Bonchev–Trinajstić information content (AvgIpc) is 2.49. The van der Waals surface area contributed by atoms with Gasteiger partial charge in [0, 0.05) is 13.0 Å². The Kier molecular flexibility index (Phi) is 7.70. The maximum absolute atomic E-state index is 11.8. The van der Waals surface area contributed by atoms with Crippen molar-refractivity contribution in [1.29, 1.82) is 0 Å². The number of hydrogen-bond acceptors (Lipinski definition) is 5. The minimum absolute atomic E-state index is 0.0179. The van der Waals surface area contributed by atoms with Crippen molar-refractivity contribution in [2.24, 2.45) is 0 Å². The van der Waals surface area contributed by atoms with E-state index >= 15 is 0 Å².